The molecule has 0 unspecified atom stereocenters. The topological polar surface area (TPSA) is 26.0 Å². The summed E-state index contributed by atoms with van der Waals surface area (Å²) in [7, 11) is 0. The molecule has 0 fully saturated rings. The molecule has 0 radical (unpaired) electrons. The van der Waals surface area contributed by atoms with Crippen LogP contribution in [0.1, 0.15) is 0 Å². The Morgan fingerprint density at radius 3 is 1.50 bits per heavy atom. The van der Waals surface area contributed by atoms with Crippen molar-refractivity contribution in [3.05, 3.63) is 0 Å². The van der Waals surface area contributed by atoms with Crippen LogP contribution in [-0.4, -0.2) is 20.0 Å². The van der Waals surface area contributed by atoms with E-state index in [0.29, 0.717) is 0 Å². The molecule has 0 saturated carbocycles. The summed E-state index contributed by atoms with van der Waals surface area (Å²) in [6.45, 7) is 0. The van der Waals surface area contributed by atoms with Crippen molar-refractivity contribution in [3.63, 3.8) is 0 Å². The molecule has 2 heteroatoms. The van der Waals surface area contributed by atoms with Crippen LogP contribution >= 0.6 is 0 Å². The van der Waals surface area contributed by atoms with Crippen LogP contribution in [0.25, 0.3) is 0 Å². The van der Waals surface area contributed by atoms with E-state index < -0.39 is 20.0 Å². The molecular weight excluding hydrogens is 157 g/mol. The van der Waals surface area contributed by atoms with Gasteiger partial charge in [0, 0.05) is 0 Å². The van der Waals surface area contributed by atoms with Crippen LogP contribution in [0.15, 0.2) is 0 Å². The van der Waals surface area contributed by atoms with Crippen LogP contribution in [0.4, 0.5) is 0 Å². The van der Waals surface area contributed by atoms with Gasteiger partial charge >= 0.3 is 33.9 Å². The summed E-state index contributed by atoms with van der Waals surface area (Å²) in [5.74, 6) is 0. The minimum absolute atomic E-state index is 1.14. The second-order valence-electron chi connectivity index (χ2n) is 1.24. The summed E-state index contributed by atoms with van der Waals surface area (Å²) in [5, 5.41) is 0. The molecule has 26 valence electrons. The molecular formula is C2H9NSn. The first-order valence-electron chi connectivity index (χ1n) is 1.49. The second-order valence-corrected chi connectivity index (χ2v) is 8.35. The van der Waals surface area contributed by atoms with E-state index in [0.717, 1.165) is 0 Å². The summed E-state index contributed by atoms with van der Waals surface area (Å²) in [4.78, 5) is 4.31. The molecule has 0 heterocycles. The van der Waals surface area contributed by atoms with E-state index in [1.165, 1.54) is 0 Å². The van der Waals surface area contributed by atoms with Crippen molar-refractivity contribution in [1.29, 1.82) is 0 Å². The number of rotatable bonds is 0. The molecule has 2 N–H and O–H groups in total. The number of hydrogen-bond acceptors (Lipinski definition) is 1. The van der Waals surface area contributed by atoms with E-state index in [-0.39, 0.29) is 0 Å². The Labute approximate surface area is 34.3 Å². The van der Waals surface area contributed by atoms with Gasteiger partial charge in [-0.3, -0.25) is 0 Å². The fourth-order valence-electron chi connectivity index (χ4n) is 0. The van der Waals surface area contributed by atoms with Crippen LogP contribution in [0, 0.1) is 0 Å². The SMILES string of the molecule is [CH3][SnH]([CH3])[NH2]. The quantitative estimate of drug-likeness (QED) is 0.500. The monoisotopic (exact) mass is 167 g/mol. The molecule has 0 aromatic carbocycles. The number of hydrogen-bond donors (Lipinski definition) is 1. The molecule has 0 aliphatic carbocycles. The Morgan fingerprint density at radius 1 is 1.50 bits per heavy atom. The van der Waals surface area contributed by atoms with Crippen LogP contribution < -0.4 is 3.96 Å². The predicted molar refractivity (Wildman–Crippen MR) is 23.1 cm³/mol. The van der Waals surface area contributed by atoms with Gasteiger partial charge in [0.1, 0.15) is 0 Å². The van der Waals surface area contributed by atoms with Crippen molar-refractivity contribution in [2.24, 2.45) is 3.96 Å². The van der Waals surface area contributed by atoms with E-state index in [1.807, 2.05) is 0 Å². The van der Waals surface area contributed by atoms with Crippen LogP contribution in [0.2, 0.25) is 9.88 Å². The fraction of sp³-hybridized carbons (Fsp3) is 1.00. The van der Waals surface area contributed by atoms with Crippen molar-refractivity contribution in [2.75, 3.05) is 0 Å². The molecule has 0 rings (SSSR count). The minimum atomic E-state index is -1.14. The van der Waals surface area contributed by atoms with Gasteiger partial charge in [0.15, 0.2) is 0 Å². The summed E-state index contributed by atoms with van der Waals surface area (Å²) in [6, 6.07) is 0. The zero-order chi connectivity index (χ0) is 3.58. The second kappa shape index (κ2) is 2.02. The van der Waals surface area contributed by atoms with Gasteiger partial charge in [-0.2, -0.15) is 0 Å². The van der Waals surface area contributed by atoms with Crippen molar-refractivity contribution in [3.8, 4) is 0 Å². The zero-order valence-electron chi connectivity index (χ0n) is 3.15. The third-order valence-corrected chi connectivity index (χ3v) is 0. The first kappa shape index (κ1) is 4.76. The predicted octanol–water partition coefficient (Wildman–Crippen LogP) is -0.0715. The van der Waals surface area contributed by atoms with Gasteiger partial charge in [0.2, 0.25) is 0 Å². The summed E-state index contributed by atoms with van der Waals surface area (Å²) in [6.07, 6.45) is 0. The zero-order valence-corrected chi connectivity index (χ0v) is 6.45. The van der Waals surface area contributed by atoms with Crippen molar-refractivity contribution in [1.82, 2.24) is 0 Å². The molecule has 0 spiro atoms. The van der Waals surface area contributed by atoms with Crippen LogP contribution in [0.3, 0.4) is 0 Å². The maximum absolute atomic E-state index is 5.32. The van der Waals surface area contributed by atoms with Gasteiger partial charge in [0.05, 0.1) is 0 Å². The van der Waals surface area contributed by atoms with E-state index in [4.69, 9.17) is 3.96 Å². The van der Waals surface area contributed by atoms with Gasteiger partial charge in [-0.15, -0.1) is 0 Å². The third-order valence-electron chi connectivity index (χ3n) is 0. The van der Waals surface area contributed by atoms with Crippen molar-refractivity contribution >= 4 is 20.0 Å². The van der Waals surface area contributed by atoms with Crippen LogP contribution in [0.5, 0.6) is 0 Å². The fourth-order valence-corrected chi connectivity index (χ4v) is 0. The first-order valence-corrected chi connectivity index (χ1v) is 9.98. The Bertz CT molecular complexity index is 10.8. The number of nitrogens with two attached hydrogens (primary N) is 1. The molecule has 0 amide bonds. The van der Waals surface area contributed by atoms with Gasteiger partial charge in [-0.1, -0.05) is 0 Å². The van der Waals surface area contributed by atoms with Crippen molar-refractivity contribution < 1.29 is 0 Å². The van der Waals surface area contributed by atoms with Crippen molar-refractivity contribution in [2.45, 2.75) is 9.88 Å². The normalized spacial score (nSPS) is 9.00. The van der Waals surface area contributed by atoms with Gasteiger partial charge in [0.25, 0.3) is 0 Å². The Kier molecular flexibility index (Phi) is 2.41. The third kappa shape index (κ3) is 14.8. The Balaban J connectivity index is 2.32. The van der Waals surface area contributed by atoms with Gasteiger partial charge < -0.3 is 0 Å². The van der Waals surface area contributed by atoms with E-state index >= 15 is 0 Å². The first-order chi connectivity index (χ1) is 1.73. The molecule has 0 bridgehead atoms. The average Bonchev–Trinajstić information content (AvgIpc) is 0.811. The maximum atomic E-state index is 5.32. The summed E-state index contributed by atoms with van der Waals surface area (Å²) in [5.41, 5.74) is 0. The standard InChI is InChI=1S/2CH3.H2N.Sn.H/h2*1H3;1H2;;/q;;-1;+1;. The summed E-state index contributed by atoms with van der Waals surface area (Å²) < 4.78 is 5.32. The average molecular weight is 166 g/mol. The van der Waals surface area contributed by atoms with E-state index in [1.54, 1.807) is 0 Å². The Morgan fingerprint density at radius 2 is 1.50 bits per heavy atom. The molecule has 0 atom stereocenters. The molecule has 1 nitrogen and oxygen atoms in total. The van der Waals surface area contributed by atoms with Gasteiger partial charge in [-0.05, 0) is 0 Å². The molecule has 0 saturated heterocycles. The van der Waals surface area contributed by atoms with Gasteiger partial charge in [-0.25, -0.2) is 0 Å². The molecule has 0 aliphatic heterocycles. The van der Waals surface area contributed by atoms with Crippen LogP contribution in [-0.2, 0) is 0 Å². The summed E-state index contributed by atoms with van der Waals surface area (Å²) >= 11 is -1.14. The molecule has 0 aromatic heterocycles. The van der Waals surface area contributed by atoms with E-state index in [2.05, 4.69) is 9.88 Å². The molecule has 4 heavy (non-hydrogen) atoms. The van der Waals surface area contributed by atoms with E-state index in [9.17, 15) is 0 Å². The molecule has 0 aliphatic rings. The molecule has 0 aromatic rings. The Hall–Kier alpha value is 0.759.